The highest BCUT2D eigenvalue weighted by atomic mass is 35.5. The molecule has 2 aromatic rings. The quantitative estimate of drug-likeness (QED) is 0.219. The van der Waals surface area contributed by atoms with Crippen LogP contribution < -0.4 is 26.4 Å². The number of hydrogen-bond donors (Lipinski definition) is 5. The fraction of sp³-hybridized carbons (Fsp3) is 0.385. The number of amides is 3. The standard InChI is InChI=1S/C26H33ClN4O6/c1-3-16(2)23(26(35)36)31-25(34)20(14-22(28)32)30-24(33)19-13-18(27)9-10-21(19)37-12-11-29-15-17-7-5-4-6-8-17/h4-10,13,16,20,23,29H,3,11-12,14-15H2,1-2H3,(H2,28,32)(H,30,33)(H,31,34)(H,35,36)/t16-,20-,23-/m0/s1. The summed E-state index contributed by atoms with van der Waals surface area (Å²) in [6.45, 7) is 4.85. The van der Waals surface area contributed by atoms with E-state index in [2.05, 4.69) is 16.0 Å². The topological polar surface area (TPSA) is 160 Å². The van der Waals surface area contributed by atoms with Crippen molar-refractivity contribution in [3.05, 3.63) is 64.7 Å². The highest BCUT2D eigenvalue weighted by Crippen LogP contribution is 2.23. The molecule has 3 atom stereocenters. The van der Waals surface area contributed by atoms with Crippen LogP contribution in [0, 0.1) is 5.92 Å². The Morgan fingerprint density at radius 1 is 1.08 bits per heavy atom. The van der Waals surface area contributed by atoms with Gasteiger partial charge >= 0.3 is 5.97 Å². The van der Waals surface area contributed by atoms with E-state index in [-0.39, 0.29) is 28.9 Å². The van der Waals surface area contributed by atoms with E-state index in [1.165, 1.54) is 12.1 Å². The van der Waals surface area contributed by atoms with E-state index in [9.17, 15) is 24.3 Å². The van der Waals surface area contributed by atoms with Crippen molar-refractivity contribution in [2.24, 2.45) is 11.7 Å². The molecule has 10 nitrogen and oxygen atoms in total. The molecule has 0 unspecified atom stereocenters. The maximum atomic E-state index is 13.1. The molecule has 11 heteroatoms. The van der Waals surface area contributed by atoms with E-state index in [0.717, 1.165) is 5.56 Å². The van der Waals surface area contributed by atoms with Gasteiger partial charge in [-0.05, 0) is 29.7 Å². The summed E-state index contributed by atoms with van der Waals surface area (Å²) in [5.41, 5.74) is 6.44. The third-order valence-corrected chi connectivity index (χ3v) is 5.93. The SMILES string of the molecule is CC[C@H](C)[C@H](NC(=O)[C@H](CC(N)=O)NC(=O)c1cc(Cl)ccc1OCCNCc1ccccc1)C(=O)O. The minimum atomic E-state index is -1.39. The van der Waals surface area contributed by atoms with Crippen LogP contribution in [-0.4, -0.2) is 54.0 Å². The maximum absolute atomic E-state index is 13.1. The van der Waals surface area contributed by atoms with Gasteiger partial charge in [0.1, 0.15) is 24.4 Å². The molecule has 3 amide bonds. The van der Waals surface area contributed by atoms with Crippen molar-refractivity contribution in [2.45, 2.75) is 45.3 Å². The lowest BCUT2D eigenvalue weighted by Crippen LogP contribution is -2.54. The zero-order valence-corrected chi connectivity index (χ0v) is 21.6. The molecule has 0 aliphatic rings. The van der Waals surface area contributed by atoms with Gasteiger partial charge in [0.2, 0.25) is 11.8 Å². The molecule has 0 aromatic heterocycles. The van der Waals surface area contributed by atoms with Gasteiger partial charge < -0.3 is 31.5 Å². The average Bonchev–Trinajstić information content (AvgIpc) is 2.86. The van der Waals surface area contributed by atoms with Crippen molar-refractivity contribution in [2.75, 3.05) is 13.2 Å². The second-order valence-corrected chi connectivity index (χ2v) is 8.99. The van der Waals surface area contributed by atoms with E-state index >= 15 is 0 Å². The second-order valence-electron chi connectivity index (χ2n) is 8.56. The minimum Gasteiger partial charge on any atom is -0.491 e. The van der Waals surface area contributed by atoms with Crippen LogP contribution in [0.4, 0.5) is 0 Å². The van der Waals surface area contributed by atoms with Gasteiger partial charge in [0, 0.05) is 18.1 Å². The summed E-state index contributed by atoms with van der Waals surface area (Å²) >= 11 is 6.08. The average molecular weight is 533 g/mol. The van der Waals surface area contributed by atoms with Gasteiger partial charge in [0.05, 0.1) is 12.0 Å². The molecule has 37 heavy (non-hydrogen) atoms. The first-order valence-corrected chi connectivity index (χ1v) is 12.3. The smallest absolute Gasteiger partial charge is 0.326 e. The van der Waals surface area contributed by atoms with Crippen molar-refractivity contribution in [3.8, 4) is 5.75 Å². The van der Waals surface area contributed by atoms with E-state index in [1.807, 2.05) is 30.3 Å². The number of aliphatic carboxylic acids is 1. The Morgan fingerprint density at radius 2 is 1.78 bits per heavy atom. The lowest BCUT2D eigenvalue weighted by molar-refractivity contribution is -0.143. The van der Waals surface area contributed by atoms with E-state index in [4.69, 9.17) is 22.1 Å². The van der Waals surface area contributed by atoms with E-state index in [1.54, 1.807) is 19.9 Å². The van der Waals surface area contributed by atoms with Crippen LogP contribution in [0.2, 0.25) is 5.02 Å². The van der Waals surface area contributed by atoms with Crippen LogP contribution in [0.3, 0.4) is 0 Å². The highest BCUT2D eigenvalue weighted by Gasteiger charge is 2.31. The molecule has 0 spiro atoms. The van der Waals surface area contributed by atoms with Crippen LogP contribution in [0.5, 0.6) is 5.75 Å². The van der Waals surface area contributed by atoms with Gasteiger partial charge in [0.25, 0.3) is 5.91 Å². The molecule has 0 bridgehead atoms. The number of primary amides is 1. The Balaban J connectivity index is 2.08. The molecule has 0 radical (unpaired) electrons. The number of halogens is 1. The van der Waals surface area contributed by atoms with Crippen molar-refractivity contribution in [1.82, 2.24) is 16.0 Å². The normalized spacial score (nSPS) is 13.2. The molecule has 6 N–H and O–H groups in total. The summed E-state index contributed by atoms with van der Waals surface area (Å²) < 4.78 is 5.76. The van der Waals surface area contributed by atoms with Crippen LogP contribution in [0.25, 0.3) is 0 Å². The number of nitrogens with one attached hydrogen (secondary N) is 3. The number of hydrogen-bond acceptors (Lipinski definition) is 6. The number of carboxylic acid groups (broad SMARTS) is 1. The first kappa shape index (κ1) is 29.6. The largest absolute Gasteiger partial charge is 0.491 e. The van der Waals surface area contributed by atoms with Gasteiger partial charge in [-0.1, -0.05) is 62.2 Å². The lowest BCUT2D eigenvalue weighted by atomic mass is 9.98. The summed E-state index contributed by atoms with van der Waals surface area (Å²) in [6, 6.07) is 11.7. The summed E-state index contributed by atoms with van der Waals surface area (Å²) in [6.07, 6.45) is -0.0297. The molecule has 0 heterocycles. The fourth-order valence-electron chi connectivity index (χ4n) is 3.45. The zero-order valence-electron chi connectivity index (χ0n) is 20.8. The molecule has 0 saturated heterocycles. The molecular formula is C26H33ClN4O6. The predicted octanol–water partition coefficient (Wildman–Crippen LogP) is 2.10. The van der Waals surface area contributed by atoms with Crippen LogP contribution in [0.1, 0.15) is 42.6 Å². The summed E-state index contributed by atoms with van der Waals surface area (Å²) in [4.78, 5) is 49.1. The van der Waals surface area contributed by atoms with Gasteiger partial charge in [-0.3, -0.25) is 14.4 Å². The van der Waals surface area contributed by atoms with Crippen molar-refractivity contribution in [3.63, 3.8) is 0 Å². The summed E-state index contributed by atoms with van der Waals surface area (Å²) in [7, 11) is 0. The van der Waals surface area contributed by atoms with Gasteiger partial charge in [0.15, 0.2) is 0 Å². The first-order chi connectivity index (χ1) is 17.6. The van der Waals surface area contributed by atoms with Gasteiger partial charge in [-0.15, -0.1) is 0 Å². The highest BCUT2D eigenvalue weighted by molar-refractivity contribution is 6.31. The Labute approximate surface area is 220 Å². The number of carbonyl (C=O) groups is 4. The number of carboxylic acids is 1. The molecule has 0 aliphatic heterocycles. The zero-order chi connectivity index (χ0) is 27.4. The number of rotatable bonds is 15. The van der Waals surface area contributed by atoms with Crippen LogP contribution >= 0.6 is 11.6 Å². The molecular weight excluding hydrogens is 500 g/mol. The third-order valence-electron chi connectivity index (χ3n) is 5.70. The van der Waals surface area contributed by atoms with Gasteiger partial charge in [-0.2, -0.15) is 0 Å². The maximum Gasteiger partial charge on any atom is 0.326 e. The van der Waals surface area contributed by atoms with Crippen molar-refractivity contribution in [1.29, 1.82) is 0 Å². The predicted molar refractivity (Wildman–Crippen MR) is 139 cm³/mol. The monoisotopic (exact) mass is 532 g/mol. The van der Waals surface area contributed by atoms with Crippen LogP contribution in [0.15, 0.2) is 48.5 Å². The van der Waals surface area contributed by atoms with E-state index < -0.39 is 42.2 Å². The third kappa shape index (κ3) is 9.74. The molecule has 2 aromatic carbocycles. The first-order valence-electron chi connectivity index (χ1n) is 11.9. The molecule has 0 saturated carbocycles. The number of ether oxygens (including phenoxy) is 1. The van der Waals surface area contributed by atoms with Crippen molar-refractivity contribution >= 4 is 35.3 Å². The Morgan fingerprint density at radius 3 is 2.41 bits per heavy atom. The lowest BCUT2D eigenvalue weighted by Gasteiger charge is -2.24. The van der Waals surface area contributed by atoms with Crippen molar-refractivity contribution < 1.29 is 29.0 Å². The van der Waals surface area contributed by atoms with Crippen LogP contribution in [-0.2, 0) is 20.9 Å². The van der Waals surface area contributed by atoms with Gasteiger partial charge in [-0.25, -0.2) is 4.79 Å². The molecule has 0 aliphatic carbocycles. The Bertz CT molecular complexity index is 1080. The number of carbonyl (C=O) groups excluding carboxylic acids is 3. The summed E-state index contributed by atoms with van der Waals surface area (Å²) in [5, 5.41) is 17.8. The Hall–Kier alpha value is -3.63. The number of benzene rings is 2. The molecule has 2 rings (SSSR count). The summed E-state index contributed by atoms with van der Waals surface area (Å²) in [5.74, 6) is -3.79. The molecule has 200 valence electrons. The molecule has 0 fully saturated rings. The van der Waals surface area contributed by atoms with E-state index in [0.29, 0.717) is 19.5 Å². The minimum absolute atomic E-state index is 0.0505. The second kappa shape index (κ2) is 14.8. The Kier molecular flexibility index (Phi) is 11.9. The number of nitrogens with two attached hydrogens (primary N) is 1. The fourth-order valence-corrected chi connectivity index (χ4v) is 3.62.